The van der Waals surface area contributed by atoms with Crippen molar-refractivity contribution < 1.29 is 4.79 Å². The number of nitrogens with zero attached hydrogens (tertiary/aromatic N) is 4. The molecular weight excluding hydrogens is 459 g/mol. The van der Waals surface area contributed by atoms with Crippen LogP contribution < -0.4 is 11.1 Å². The summed E-state index contributed by atoms with van der Waals surface area (Å²) in [7, 11) is 0. The van der Waals surface area contributed by atoms with Gasteiger partial charge in [-0.05, 0) is 42.0 Å². The van der Waals surface area contributed by atoms with Crippen LogP contribution >= 0.6 is 23.2 Å². The number of aromatic nitrogens is 3. The predicted molar refractivity (Wildman–Crippen MR) is 133 cm³/mol. The Kier molecular flexibility index (Phi) is 5.42. The van der Waals surface area contributed by atoms with Gasteiger partial charge in [0.2, 0.25) is 0 Å². The maximum Gasteiger partial charge on any atom is 0.261 e. The number of halogens is 2. The van der Waals surface area contributed by atoms with Crippen LogP contribution in [-0.2, 0) is 0 Å². The lowest BCUT2D eigenvalue weighted by atomic mass is 10.2. The van der Waals surface area contributed by atoms with Crippen molar-refractivity contribution >= 4 is 69.0 Å². The zero-order valence-electron chi connectivity index (χ0n) is 17.0. The number of carbonyl (C=O) groups excluding carboxylic acids is 1. The zero-order valence-corrected chi connectivity index (χ0v) is 18.5. The number of nitrogens with one attached hydrogen (secondary N) is 1. The highest BCUT2D eigenvalue weighted by Crippen LogP contribution is 2.29. The van der Waals surface area contributed by atoms with Crippen molar-refractivity contribution in [1.29, 1.82) is 0 Å². The second-order valence-electron chi connectivity index (χ2n) is 7.19. The molecule has 0 atom stereocenters. The molecule has 0 aliphatic carbocycles. The van der Waals surface area contributed by atoms with Gasteiger partial charge in [0.1, 0.15) is 16.9 Å². The lowest BCUT2D eigenvalue weighted by Crippen LogP contribution is -2.14. The first-order valence-corrected chi connectivity index (χ1v) is 10.7. The Morgan fingerprint density at radius 1 is 0.939 bits per heavy atom. The van der Waals surface area contributed by atoms with E-state index < -0.39 is 5.91 Å². The minimum atomic E-state index is -0.406. The van der Waals surface area contributed by atoms with Gasteiger partial charge in [0.25, 0.3) is 5.91 Å². The standard InChI is InChI=1S/C24H16Cl2N6O/c25-16-11-10-14(12-17(16)26)13-28-32-22(27)20(24(33)29-15-6-2-1-3-7-15)21-23(32)31-19-9-5-4-8-18(19)30-21/h1-13H,27H2,(H,29,33)/b28-13+. The molecule has 0 radical (unpaired) electrons. The molecule has 2 heterocycles. The second-order valence-corrected chi connectivity index (χ2v) is 8.01. The first-order valence-electron chi connectivity index (χ1n) is 9.94. The highest BCUT2D eigenvalue weighted by Gasteiger charge is 2.24. The molecule has 0 unspecified atom stereocenters. The Balaban J connectivity index is 1.67. The molecule has 0 aliphatic heterocycles. The molecule has 2 aromatic heterocycles. The summed E-state index contributed by atoms with van der Waals surface area (Å²) >= 11 is 12.1. The van der Waals surface area contributed by atoms with Gasteiger partial charge in [-0.3, -0.25) is 4.79 Å². The fourth-order valence-corrected chi connectivity index (χ4v) is 3.73. The number of hydrogen-bond acceptors (Lipinski definition) is 5. The number of nitrogens with two attached hydrogens (primary N) is 1. The summed E-state index contributed by atoms with van der Waals surface area (Å²) in [6, 6.07) is 21.6. The van der Waals surface area contributed by atoms with Crippen LogP contribution in [0.2, 0.25) is 10.0 Å². The van der Waals surface area contributed by atoms with E-state index in [1.54, 1.807) is 36.5 Å². The topological polar surface area (TPSA) is 98.2 Å². The van der Waals surface area contributed by atoms with E-state index in [-0.39, 0.29) is 11.4 Å². The summed E-state index contributed by atoms with van der Waals surface area (Å²) < 4.78 is 1.40. The highest BCUT2D eigenvalue weighted by atomic mass is 35.5. The van der Waals surface area contributed by atoms with Crippen molar-refractivity contribution in [3.63, 3.8) is 0 Å². The van der Waals surface area contributed by atoms with Crippen LogP contribution in [0.15, 0.2) is 77.9 Å². The normalized spacial score (nSPS) is 11.5. The molecule has 0 saturated heterocycles. The molecule has 9 heteroatoms. The van der Waals surface area contributed by atoms with E-state index >= 15 is 0 Å². The molecule has 7 nitrogen and oxygen atoms in total. The Bertz CT molecular complexity index is 1550. The van der Waals surface area contributed by atoms with Crippen LogP contribution in [-0.4, -0.2) is 26.8 Å². The molecule has 5 rings (SSSR count). The fourth-order valence-electron chi connectivity index (χ4n) is 3.42. The molecule has 0 saturated carbocycles. The average Bonchev–Trinajstić information content (AvgIpc) is 3.09. The zero-order chi connectivity index (χ0) is 22.9. The smallest absolute Gasteiger partial charge is 0.261 e. The van der Waals surface area contributed by atoms with Crippen molar-refractivity contribution in [3.8, 4) is 0 Å². The van der Waals surface area contributed by atoms with Gasteiger partial charge in [0.05, 0.1) is 27.3 Å². The van der Waals surface area contributed by atoms with E-state index in [1.165, 1.54) is 4.68 Å². The summed E-state index contributed by atoms with van der Waals surface area (Å²) in [5.74, 6) is -0.290. The van der Waals surface area contributed by atoms with Crippen LogP contribution in [0.5, 0.6) is 0 Å². The van der Waals surface area contributed by atoms with Crippen LogP contribution in [0, 0.1) is 0 Å². The lowest BCUT2D eigenvalue weighted by molar-refractivity contribution is 0.102. The fraction of sp³-hybridized carbons (Fsp3) is 0. The number of amides is 1. The van der Waals surface area contributed by atoms with Crippen LogP contribution in [0.1, 0.15) is 15.9 Å². The van der Waals surface area contributed by atoms with E-state index in [9.17, 15) is 4.79 Å². The molecule has 3 aromatic carbocycles. The van der Waals surface area contributed by atoms with E-state index in [4.69, 9.17) is 28.9 Å². The number of anilines is 2. The molecule has 0 fully saturated rings. The molecule has 5 aromatic rings. The Labute approximate surface area is 198 Å². The summed E-state index contributed by atoms with van der Waals surface area (Å²) in [6.07, 6.45) is 1.56. The summed E-state index contributed by atoms with van der Waals surface area (Å²) in [5.41, 5.74) is 9.96. The summed E-state index contributed by atoms with van der Waals surface area (Å²) in [4.78, 5) is 22.5. The van der Waals surface area contributed by atoms with Crippen molar-refractivity contribution in [3.05, 3.63) is 94.0 Å². The number of benzene rings is 3. The van der Waals surface area contributed by atoms with Crippen molar-refractivity contribution in [1.82, 2.24) is 14.6 Å². The number of hydrogen-bond donors (Lipinski definition) is 2. The van der Waals surface area contributed by atoms with Crippen molar-refractivity contribution in [2.75, 3.05) is 11.1 Å². The van der Waals surface area contributed by atoms with E-state index in [0.717, 1.165) is 0 Å². The third-order valence-electron chi connectivity index (χ3n) is 5.00. The number of nitrogen functional groups attached to an aromatic ring is 1. The lowest BCUT2D eigenvalue weighted by Gasteiger charge is -2.05. The number of carbonyl (C=O) groups is 1. The Morgan fingerprint density at radius 2 is 1.64 bits per heavy atom. The van der Waals surface area contributed by atoms with Crippen LogP contribution in [0.4, 0.5) is 11.5 Å². The largest absolute Gasteiger partial charge is 0.383 e. The van der Waals surface area contributed by atoms with Crippen LogP contribution in [0.25, 0.3) is 22.2 Å². The minimum absolute atomic E-state index is 0.116. The highest BCUT2D eigenvalue weighted by molar-refractivity contribution is 6.42. The van der Waals surface area contributed by atoms with Gasteiger partial charge in [-0.1, -0.05) is 59.6 Å². The molecule has 0 spiro atoms. The van der Waals surface area contributed by atoms with Gasteiger partial charge >= 0.3 is 0 Å². The third-order valence-corrected chi connectivity index (χ3v) is 5.74. The van der Waals surface area contributed by atoms with Gasteiger partial charge in [-0.25, -0.2) is 9.97 Å². The van der Waals surface area contributed by atoms with E-state index in [1.807, 2.05) is 42.5 Å². The van der Waals surface area contributed by atoms with Gasteiger partial charge in [0, 0.05) is 5.69 Å². The first kappa shape index (κ1) is 20.9. The first-order chi connectivity index (χ1) is 16.0. The van der Waals surface area contributed by atoms with Gasteiger partial charge in [0.15, 0.2) is 5.65 Å². The third kappa shape index (κ3) is 4.00. The van der Waals surface area contributed by atoms with Crippen LogP contribution in [0.3, 0.4) is 0 Å². The predicted octanol–water partition coefficient (Wildman–Crippen LogP) is 5.61. The average molecular weight is 475 g/mol. The number of para-hydroxylation sites is 3. The number of fused-ring (bicyclic) bond motifs is 2. The van der Waals surface area contributed by atoms with Crippen molar-refractivity contribution in [2.45, 2.75) is 0 Å². The van der Waals surface area contributed by atoms with Crippen molar-refractivity contribution in [2.24, 2.45) is 5.10 Å². The maximum atomic E-state index is 13.2. The molecule has 162 valence electrons. The SMILES string of the molecule is Nc1c(C(=O)Nc2ccccc2)c2nc3ccccc3nc2n1/N=C/c1ccc(Cl)c(Cl)c1. The molecular formula is C24H16Cl2N6O. The monoisotopic (exact) mass is 474 g/mol. The van der Waals surface area contributed by atoms with Gasteiger partial charge in [-0.2, -0.15) is 9.78 Å². The molecule has 0 bridgehead atoms. The maximum absolute atomic E-state index is 13.2. The molecule has 1 amide bonds. The molecule has 33 heavy (non-hydrogen) atoms. The van der Waals surface area contributed by atoms with E-state index in [0.29, 0.717) is 43.5 Å². The van der Waals surface area contributed by atoms with Gasteiger partial charge < -0.3 is 11.1 Å². The van der Waals surface area contributed by atoms with Gasteiger partial charge in [-0.15, -0.1) is 0 Å². The second kappa shape index (κ2) is 8.54. The quantitative estimate of drug-likeness (QED) is 0.330. The number of rotatable bonds is 4. The summed E-state index contributed by atoms with van der Waals surface area (Å²) in [5, 5.41) is 8.17. The molecule has 3 N–H and O–H groups in total. The Hall–Kier alpha value is -3.94. The Morgan fingerprint density at radius 3 is 2.36 bits per heavy atom. The van der Waals surface area contributed by atoms with E-state index in [2.05, 4.69) is 20.4 Å². The summed E-state index contributed by atoms with van der Waals surface area (Å²) in [6.45, 7) is 0. The molecule has 0 aliphatic rings. The minimum Gasteiger partial charge on any atom is -0.383 e.